The molecule has 0 bridgehead atoms. The predicted molar refractivity (Wildman–Crippen MR) is 125 cm³/mol. The Morgan fingerprint density at radius 3 is 2.71 bits per heavy atom. The van der Waals surface area contributed by atoms with Crippen LogP contribution in [0.3, 0.4) is 0 Å². The number of carbonyl (C=O) groups is 1. The number of aromatic nitrogens is 2. The van der Waals surface area contributed by atoms with Crippen LogP contribution in [0.1, 0.15) is 18.1 Å². The minimum atomic E-state index is -0.0564. The zero-order valence-corrected chi connectivity index (χ0v) is 18.5. The van der Waals surface area contributed by atoms with Crippen LogP contribution in [-0.4, -0.2) is 22.1 Å². The Kier molecular flexibility index (Phi) is 6.48. The van der Waals surface area contributed by atoms with E-state index in [1.165, 1.54) is 5.56 Å². The Morgan fingerprint density at radius 2 is 1.90 bits per heavy atom. The SMILES string of the molecule is CCOc1ccccc1CNC(=O)Cn1cccc1-c1nc(-c2ccc(C)cc2)cs1. The van der Waals surface area contributed by atoms with E-state index in [-0.39, 0.29) is 12.5 Å². The summed E-state index contributed by atoms with van der Waals surface area (Å²) in [6, 6.07) is 20.0. The quantitative estimate of drug-likeness (QED) is 0.412. The summed E-state index contributed by atoms with van der Waals surface area (Å²) in [6.45, 7) is 5.28. The molecular formula is C25H25N3O2S. The van der Waals surface area contributed by atoms with Gasteiger partial charge in [-0.05, 0) is 32.0 Å². The van der Waals surface area contributed by atoms with E-state index in [9.17, 15) is 4.79 Å². The van der Waals surface area contributed by atoms with E-state index in [0.29, 0.717) is 13.2 Å². The van der Waals surface area contributed by atoms with E-state index < -0.39 is 0 Å². The number of thiazole rings is 1. The van der Waals surface area contributed by atoms with E-state index in [0.717, 1.165) is 33.3 Å². The molecular weight excluding hydrogens is 406 g/mol. The van der Waals surface area contributed by atoms with Gasteiger partial charge in [0.2, 0.25) is 5.91 Å². The van der Waals surface area contributed by atoms with Crippen molar-refractivity contribution in [3.8, 4) is 27.7 Å². The first-order chi connectivity index (χ1) is 15.1. The van der Waals surface area contributed by atoms with E-state index in [1.54, 1.807) is 11.3 Å². The number of aryl methyl sites for hydroxylation is 1. The Labute approximate surface area is 186 Å². The van der Waals surface area contributed by atoms with Gasteiger partial charge in [0.25, 0.3) is 0 Å². The summed E-state index contributed by atoms with van der Waals surface area (Å²) in [4.78, 5) is 17.4. The summed E-state index contributed by atoms with van der Waals surface area (Å²) in [7, 11) is 0. The summed E-state index contributed by atoms with van der Waals surface area (Å²) in [6.07, 6.45) is 1.91. The highest BCUT2D eigenvalue weighted by Crippen LogP contribution is 2.29. The van der Waals surface area contributed by atoms with Crippen molar-refractivity contribution >= 4 is 17.2 Å². The van der Waals surface area contributed by atoms with Gasteiger partial charge < -0.3 is 14.6 Å². The van der Waals surface area contributed by atoms with Crippen LogP contribution < -0.4 is 10.1 Å². The van der Waals surface area contributed by atoms with Crippen LogP contribution in [0.5, 0.6) is 5.75 Å². The molecule has 1 N–H and O–H groups in total. The van der Waals surface area contributed by atoms with Crippen molar-refractivity contribution in [2.45, 2.75) is 26.9 Å². The first kappa shape index (κ1) is 20.9. The van der Waals surface area contributed by atoms with Crippen LogP contribution in [0.4, 0.5) is 0 Å². The van der Waals surface area contributed by atoms with Gasteiger partial charge in [0.1, 0.15) is 17.3 Å². The van der Waals surface area contributed by atoms with Crippen molar-refractivity contribution in [3.63, 3.8) is 0 Å². The molecule has 2 aromatic heterocycles. The first-order valence-electron chi connectivity index (χ1n) is 10.3. The maximum Gasteiger partial charge on any atom is 0.240 e. The van der Waals surface area contributed by atoms with Crippen LogP contribution in [0.15, 0.2) is 72.2 Å². The third-order valence-electron chi connectivity index (χ3n) is 4.96. The average Bonchev–Trinajstić information content (AvgIpc) is 3.43. The summed E-state index contributed by atoms with van der Waals surface area (Å²) < 4.78 is 7.57. The van der Waals surface area contributed by atoms with Crippen LogP contribution >= 0.6 is 11.3 Å². The molecule has 0 fully saturated rings. The molecule has 0 saturated heterocycles. The standard InChI is InChI=1S/C25H25N3O2S/c1-3-30-23-9-5-4-7-20(23)15-26-24(29)16-28-14-6-8-22(28)25-27-21(17-31-25)19-12-10-18(2)11-13-19/h4-14,17H,3,15-16H2,1-2H3,(H,26,29). The summed E-state index contributed by atoms with van der Waals surface area (Å²) in [5, 5.41) is 5.95. The predicted octanol–water partition coefficient (Wildman–Crippen LogP) is 5.30. The number of nitrogens with zero attached hydrogens (tertiary/aromatic N) is 2. The Hall–Kier alpha value is -3.38. The molecule has 5 nitrogen and oxygen atoms in total. The van der Waals surface area contributed by atoms with Gasteiger partial charge in [-0.25, -0.2) is 4.98 Å². The highest BCUT2D eigenvalue weighted by atomic mass is 32.1. The number of ether oxygens (including phenoxy) is 1. The van der Waals surface area contributed by atoms with Crippen molar-refractivity contribution in [2.75, 3.05) is 6.61 Å². The number of rotatable bonds is 8. The van der Waals surface area contributed by atoms with Gasteiger partial charge in [0.15, 0.2) is 0 Å². The zero-order valence-electron chi connectivity index (χ0n) is 17.7. The minimum Gasteiger partial charge on any atom is -0.494 e. The third kappa shape index (κ3) is 5.03. The molecule has 0 aliphatic heterocycles. The Bertz CT molecular complexity index is 1160. The lowest BCUT2D eigenvalue weighted by Crippen LogP contribution is -2.27. The second kappa shape index (κ2) is 9.62. The molecule has 4 rings (SSSR count). The largest absolute Gasteiger partial charge is 0.494 e. The monoisotopic (exact) mass is 431 g/mol. The minimum absolute atomic E-state index is 0.0564. The zero-order chi connectivity index (χ0) is 21.6. The number of hydrogen-bond acceptors (Lipinski definition) is 4. The Morgan fingerprint density at radius 1 is 1.10 bits per heavy atom. The number of carbonyl (C=O) groups excluding carboxylic acids is 1. The van der Waals surface area contributed by atoms with E-state index in [1.807, 2.05) is 54.1 Å². The second-order valence-electron chi connectivity index (χ2n) is 7.24. The maximum atomic E-state index is 12.6. The molecule has 158 valence electrons. The van der Waals surface area contributed by atoms with Crippen LogP contribution in [0, 0.1) is 6.92 Å². The Balaban J connectivity index is 1.43. The number of amides is 1. The van der Waals surface area contributed by atoms with Gasteiger partial charge in [0, 0.05) is 29.2 Å². The van der Waals surface area contributed by atoms with E-state index in [2.05, 4.69) is 41.9 Å². The van der Waals surface area contributed by atoms with Gasteiger partial charge >= 0.3 is 0 Å². The molecule has 1 amide bonds. The highest BCUT2D eigenvalue weighted by molar-refractivity contribution is 7.13. The summed E-state index contributed by atoms with van der Waals surface area (Å²) in [5.41, 5.74) is 5.17. The van der Waals surface area contributed by atoms with Gasteiger partial charge in [-0.3, -0.25) is 4.79 Å². The average molecular weight is 432 g/mol. The highest BCUT2D eigenvalue weighted by Gasteiger charge is 2.13. The second-order valence-corrected chi connectivity index (χ2v) is 8.10. The van der Waals surface area contributed by atoms with Crippen molar-refractivity contribution in [1.29, 1.82) is 0 Å². The molecule has 0 aliphatic rings. The topological polar surface area (TPSA) is 56.1 Å². The molecule has 4 aromatic rings. The lowest BCUT2D eigenvalue weighted by molar-refractivity contribution is -0.121. The van der Waals surface area contributed by atoms with Crippen LogP contribution in [-0.2, 0) is 17.9 Å². The molecule has 2 aromatic carbocycles. The van der Waals surface area contributed by atoms with Crippen molar-refractivity contribution in [3.05, 3.63) is 83.4 Å². The molecule has 0 atom stereocenters. The number of hydrogen-bond donors (Lipinski definition) is 1. The van der Waals surface area contributed by atoms with E-state index in [4.69, 9.17) is 9.72 Å². The fourth-order valence-corrected chi connectivity index (χ4v) is 4.21. The summed E-state index contributed by atoms with van der Waals surface area (Å²) in [5.74, 6) is 0.748. The van der Waals surface area contributed by atoms with Crippen molar-refractivity contribution in [2.24, 2.45) is 0 Å². The number of nitrogens with one attached hydrogen (secondary N) is 1. The fraction of sp³-hybridized carbons (Fsp3) is 0.200. The van der Waals surface area contributed by atoms with Crippen molar-refractivity contribution < 1.29 is 9.53 Å². The molecule has 0 radical (unpaired) electrons. The van der Waals surface area contributed by atoms with Gasteiger partial charge in [-0.15, -0.1) is 11.3 Å². The molecule has 2 heterocycles. The molecule has 0 saturated carbocycles. The van der Waals surface area contributed by atoms with E-state index >= 15 is 0 Å². The normalized spacial score (nSPS) is 10.8. The molecule has 0 unspecified atom stereocenters. The third-order valence-corrected chi connectivity index (χ3v) is 5.83. The lowest BCUT2D eigenvalue weighted by Gasteiger charge is -2.12. The first-order valence-corrected chi connectivity index (χ1v) is 11.2. The number of benzene rings is 2. The van der Waals surface area contributed by atoms with Gasteiger partial charge in [-0.2, -0.15) is 0 Å². The van der Waals surface area contributed by atoms with Gasteiger partial charge in [0.05, 0.1) is 18.0 Å². The van der Waals surface area contributed by atoms with Crippen LogP contribution in [0.2, 0.25) is 0 Å². The van der Waals surface area contributed by atoms with Gasteiger partial charge in [-0.1, -0.05) is 48.0 Å². The smallest absolute Gasteiger partial charge is 0.240 e. The number of para-hydroxylation sites is 1. The maximum absolute atomic E-state index is 12.6. The summed E-state index contributed by atoms with van der Waals surface area (Å²) >= 11 is 1.59. The molecule has 0 aliphatic carbocycles. The molecule has 6 heteroatoms. The van der Waals surface area contributed by atoms with Crippen molar-refractivity contribution in [1.82, 2.24) is 14.9 Å². The van der Waals surface area contributed by atoms with Crippen LogP contribution in [0.25, 0.3) is 22.0 Å². The fourth-order valence-electron chi connectivity index (χ4n) is 3.35. The lowest BCUT2D eigenvalue weighted by atomic mass is 10.1. The molecule has 0 spiro atoms. The molecule has 31 heavy (non-hydrogen) atoms.